The summed E-state index contributed by atoms with van der Waals surface area (Å²) in [4.78, 5) is 23.7. The Hall–Kier alpha value is -1.85. The summed E-state index contributed by atoms with van der Waals surface area (Å²) in [5.74, 6) is -1.52. The van der Waals surface area contributed by atoms with Gasteiger partial charge in [-0.15, -0.1) is 0 Å². The van der Waals surface area contributed by atoms with Crippen LogP contribution in [0.5, 0.6) is 0 Å². The van der Waals surface area contributed by atoms with E-state index in [9.17, 15) is 9.59 Å². The summed E-state index contributed by atoms with van der Waals surface area (Å²) in [5, 5.41) is 12.3. The van der Waals surface area contributed by atoms with E-state index in [1.54, 1.807) is 0 Å². The number of hydrogen-bond donors (Lipinski definition) is 1. The number of carbonyl (C=O) groups is 2. The summed E-state index contributed by atoms with van der Waals surface area (Å²) in [6, 6.07) is 0. The fourth-order valence-corrected chi connectivity index (χ4v) is 0.901. The highest BCUT2D eigenvalue weighted by Gasteiger charge is 2.35. The zero-order chi connectivity index (χ0) is 11.6. The fraction of sp³-hybridized carbons (Fsp3) is 0.444. The molecule has 6 nitrogen and oxygen atoms in total. The first-order chi connectivity index (χ1) is 6.87. The van der Waals surface area contributed by atoms with E-state index in [0.717, 1.165) is 4.90 Å². The molecular formula is C9H12N2O4. The van der Waals surface area contributed by atoms with E-state index in [2.05, 4.69) is 9.68 Å². The molecule has 15 heavy (non-hydrogen) atoms. The van der Waals surface area contributed by atoms with Crippen LogP contribution in [0, 0.1) is 0 Å². The Balaban J connectivity index is 2.91. The lowest BCUT2D eigenvalue weighted by molar-refractivity contribution is -0.147. The third kappa shape index (κ3) is 1.98. The fourth-order valence-electron chi connectivity index (χ4n) is 0.901. The van der Waals surface area contributed by atoms with Gasteiger partial charge in [0.25, 0.3) is 5.91 Å². The maximum absolute atomic E-state index is 11.7. The quantitative estimate of drug-likeness (QED) is 0.793. The number of likely N-dealkylation sites (N-methyl/N-ethyl adjacent to an activating group) is 1. The van der Waals surface area contributed by atoms with E-state index in [1.807, 2.05) is 0 Å². The Morgan fingerprint density at radius 2 is 2.13 bits per heavy atom. The lowest BCUT2D eigenvalue weighted by atomic mass is 10.0. The van der Waals surface area contributed by atoms with Crippen molar-refractivity contribution >= 4 is 11.9 Å². The molecule has 1 N–H and O–H groups in total. The summed E-state index contributed by atoms with van der Waals surface area (Å²) in [5.41, 5.74) is -1.04. The maximum Gasteiger partial charge on any atom is 0.329 e. The molecule has 6 heteroatoms. The van der Waals surface area contributed by atoms with Crippen LogP contribution in [0.3, 0.4) is 0 Å². The minimum absolute atomic E-state index is 0.229. The largest absolute Gasteiger partial charge is 0.480 e. The number of rotatable bonds is 3. The maximum atomic E-state index is 11.7. The molecular weight excluding hydrogens is 200 g/mol. The second-order valence-corrected chi connectivity index (χ2v) is 3.64. The number of carboxylic acids is 1. The van der Waals surface area contributed by atoms with Crippen molar-refractivity contribution in [2.45, 2.75) is 19.4 Å². The SMILES string of the molecule is CN(C(=O)c1cnoc1)C(C)(C)C(=O)O. The molecule has 0 fully saturated rings. The highest BCUT2D eigenvalue weighted by Crippen LogP contribution is 2.15. The molecule has 0 saturated heterocycles. The molecule has 0 atom stereocenters. The van der Waals surface area contributed by atoms with E-state index in [-0.39, 0.29) is 5.56 Å². The van der Waals surface area contributed by atoms with Gasteiger partial charge in [-0.1, -0.05) is 5.16 Å². The van der Waals surface area contributed by atoms with Crippen molar-refractivity contribution in [2.75, 3.05) is 7.05 Å². The van der Waals surface area contributed by atoms with Gasteiger partial charge in [-0.05, 0) is 13.8 Å². The first-order valence-corrected chi connectivity index (χ1v) is 4.28. The normalized spacial score (nSPS) is 11.1. The molecule has 0 aliphatic rings. The van der Waals surface area contributed by atoms with Crippen LogP contribution in [0.15, 0.2) is 17.0 Å². The average Bonchev–Trinajstić information content (AvgIpc) is 2.67. The lowest BCUT2D eigenvalue weighted by Gasteiger charge is -2.30. The van der Waals surface area contributed by atoms with Crippen molar-refractivity contribution in [1.29, 1.82) is 0 Å². The number of carboxylic acid groups (broad SMARTS) is 1. The van der Waals surface area contributed by atoms with Crippen LogP contribution in [0.25, 0.3) is 0 Å². The minimum Gasteiger partial charge on any atom is -0.480 e. The van der Waals surface area contributed by atoms with Gasteiger partial charge >= 0.3 is 5.97 Å². The van der Waals surface area contributed by atoms with E-state index in [4.69, 9.17) is 5.11 Å². The van der Waals surface area contributed by atoms with E-state index in [1.165, 1.54) is 33.4 Å². The Morgan fingerprint density at radius 1 is 1.53 bits per heavy atom. The van der Waals surface area contributed by atoms with Gasteiger partial charge in [-0.25, -0.2) is 4.79 Å². The zero-order valence-electron chi connectivity index (χ0n) is 8.72. The van der Waals surface area contributed by atoms with Crippen LogP contribution >= 0.6 is 0 Å². The summed E-state index contributed by atoms with van der Waals surface area (Å²) < 4.78 is 4.51. The van der Waals surface area contributed by atoms with Gasteiger partial charge in [-0.3, -0.25) is 4.79 Å². The van der Waals surface area contributed by atoms with Crippen LogP contribution < -0.4 is 0 Å². The molecule has 0 spiro atoms. The van der Waals surface area contributed by atoms with Gasteiger partial charge < -0.3 is 14.5 Å². The Labute approximate surface area is 86.5 Å². The van der Waals surface area contributed by atoms with Gasteiger partial charge in [0, 0.05) is 7.05 Å². The second kappa shape index (κ2) is 3.72. The molecule has 0 aromatic carbocycles. The van der Waals surface area contributed by atoms with Crippen LogP contribution in [-0.4, -0.2) is 39.6 Å². The number of amides is 1. The van der Waals surface area contributed by atoms with E-state index >= 15 is 0 Å². The minimum atomic E-state index is -1.27. The van der Waals surface area contributed by atoms with Gasteiger partial charge in [-0.2, -0.15) is 0 Å². The smallest absolute Gasteiger partial charge is 0.329 e. The molecule has 0 unspecified atom stereocenters. The number of nitrogens with zero attached hydrogens (tertiary/aromatic N) is 2. The lowest BCUT2D eigenvalue weighted by Crippen LogP contribution is -2.50. The monoisotopic (exact) mass is 212 g/mol. The van der Waals surface area contributed by atoms with Gasteiger partial charge in [0.15, 0.2) is 0 Å². The number of hydrogen-bond acceptors (Lipinski definition) is 4. The standard InChI is InChI=1S/C9H12N2O4/c1-9(2,8(13)14)11(3)7(12)6-4-10-15-5-6/h4-5H,1-3H3,(H,13,14). The summed E-state index contributed by atoms with van der Waals surface area (Å²) in [7, 11) is 1.42. The molecule has 1 rings (SSSR count). The van der Waals surface area contributed by atoms with E-state index < -0.39 is 17.4 Å². The third-order valence-corrected chi connectivity index (χ3v) is 2.35. The van der Waals surface area contributed by atoms with Gasteiger partial charge in [0.05, 0.1) is 11.8 Å². The van der Waals surface area contributed by atoms with Crippen LogP contribution in [0.4, 0.5) is 0 Å². The van der Waals surface area contributed by atoms with Crippen molar-refractivity contribution in [1.82, 2.24) is 10.1 Å². The first-order valence-electron chi connectivity index (χ1n) is 4.28. The summed E-state index contributed by atoms with van der Waals surface area (Å²) in [6.45, 7) is 2.89. The highest BCUT2D eigenvalue weighted by molar-refractivity contribution is 5.96. The van der Waals surface area contributed by atoms with Crippen LogP contribution in [-0.2, 0) is 4.79 Å². The van der Waals surface area contributed by atoms with Crippen molar-refractivity contribution in [2.24, 2.45) is 0 Å². The molecule has 0 saturated carbocycles. The van der Waals surface area contributed by atoms with Crippen LogP contribution in [0.1, 0.15) is 24.2 Å². The van der Waals surface area contributed by atoms with Crippen molar-refractivity contribution < 1.29 is 19.2 Å². The van der Waals surface area contributed by atoms with Crippen molar-refractivity contribution in [3.8, 4) is 0 Å². The molecule has 0 radical (unpaired) electrons. The molecule has 82 valence electrons. The Morgan fingerprint density at radius 3 is 2.53 bits per heavy atom. The number of aromatic nitrogens is 1. The average molecular weight is 212 g/mol. The van der Waals surface area contributed by atoms with Gasteiger partial charge in [0.1, 0.15) is 11.8 Å². The van der Waals surface area contributed by atoms with Crippen LogP contribution in [0.2, 0.25) is 0 Å². The zero-order valence-corrected chi connectivity index (χ0v) is 8.72. The van der Waals surface area contributed by atoms with Gasteiger partial charge in [0.2, 0.25) is 0 Å². The number of aliphatic carboxylic acids is 1. The predicted molar refractivity (Wildman–Crippen MR) is 50.3 cm³/mol. The Kier molecular flexibility index (Phi) is 2.78. The molecule has 1 amide bonds. The van der Waals surface area contributed by atoms with Crippen molar-refractivity contribution in [3.63, 3.8) is 0 Å². The van der Waals surface area contributed by atoms with E-state index in [0.29, 0.717) is 0 Å². The second-order valence-electron chi connectivity index (χ2n) is 3.64. The predicted octanol–water partition coefficient (Wildman–Crippen LogP) is 0.610. The Bertz CT molecular complexity index is 369. The molecule has 0 aliphatic carbocycles. The molecule has 0 bridgehead atoms. The third-order valence-electron chi connectivity index (χ3n) is 2.35. The number of carbonyl (C=O) groups excluding carboxylic acids is 1. The summed E-state index contributed by atoms with van der Waals surface area (Å²) in [6.07, 6.45) is 2.42. The van der Waals surface area contributed by atoms with Crippen molar-refractivity contribution in [3.05, 3.63) is 18.0 Å². The summed E-state index contributed by atoms with van der Waals surface area (Å²) >= 11 is 0. The molecule has 1 heterocycles. The topological polar surface area (TPSA) is 83.6 Å². The molecule has 1 aromatic heterocycles. The molecule has 0 aliphatic heterocycles. The first kappa shape index (κ1) is 11.2. The highest BCUT2D eigenvalue weighted by atomic mass is 16.5. The molecule has 1 aromatic rings.